The summed E-state index contributed by atoms with van der Waals surface area (Å²) in [5.41, 5.74) is 0. The van der Waals surface area contributed by atoms with Crippen LogP contribution in [0.15, 0.2) is 24.3 Å². The number of amides is 1. The van der Waals surface area contributed by atoms with Gasteiger partial charge in [-0.25, -0.2) is 0 Å². The molecule has 0 bridgehead atoms. The zero-order valence-electron chi connectivity index (χ0n) is 11.6. The molecule has 0 spiro atoms. The summed E-state index contributed by atoms with van der Waals surface area (Å²) in [5, 5.41) is 0. The number of hydrogen-bond donors (Lipinski definition) is 0. The van der Waals surface area contributed by atoms with Crippen molar-refractivity contribution in [2.45, 2.75) is 19.8 Å². The van der Waals surface area contributed by atoms with Crippen LogP contribution in [0.2, 0.25) is 0 Å². The fourth-order valence-corrected chi connectivity index (χ4v) is 2.43. The summed E-state index contributed by atoms with van der Waals surface area (Å²) in [6, 6.07) is 7.65. The van der Waals surface area contributed by atoms with Crippen molar-refractivity contribution < 1.29 is 14.3 Å². The molecule has 0 aliphatic carbocycles. The first-order valence-electron chi connectivity index (χ1n) is 6.72. The van der Waals surface area contributed by atoms with E-state index in [0.29, 0.717) is 12.5 Å². The molecular formula is C15H21NO3. The van der Waals surface area contributed by atoms with Crippen LogP contribution in [0.5, 0.6) is 11.5 Å². The van der Waals surface area contributed by atoms with Crippen molar-refractivity contribution in [2.75, 3.05) is 26.8 Å². The molecule has 0 unspecified atom stereocenters. The first-order valence-corrected chi connectivity index (χ1v) is 6.72. The van der Waals surface area contributed by atoms with Crippen molar-refractivity contribution in [3.63, 3.8) is 0 Å². The van der Waals surface area contributed by atoms with Crippen LogP contribution >= 0.6 is 0 Å². The van der Waals surface area contributed by atoms with Gasteiger partial charge in [-0.05, 0) is 25.0 Å². The van der Waals surface area contributed by atoms with Crippen molar-refractivity contribution in [2.24, 2.45) is 5.92 Å². The summed E-state index contributed by atoms with van der Waals surface area (Å²) in [7, 11) is 1.64. The summed E-state index contributed by atoms with van der Waals surface area (Å²) < 4.78 is 11.1. The highest BCUT2D eigenvalue weighted by Crippen LogP contribution is 2.27. The maximum absolute atomic E-state index is 11.4. The maximum Gasteiger partial charge on any atom is 0.219 e. The lowest BCUT2D eigenvalue weighted by Crippen LogP contribution is -2.40. The molecule has 104 valence electrons. The van der Waals surface area contributed by atoms with Crippen molar-refractivity contribution in [1.82, 2.24) is 4.90 Å². The molecule has 0 aromatic heterocycles. The van der Waals surface area contributed by atoms with Crippen LogP contribution in [0.4, 0.5) is 0 Å². The predicted octanol–water partition coefficient (Wildman–Crippen LogP) is 2.33. The maximum atomic E-state index is 11.4. The Labute approximate surface area is 114 Å². The molecule has 0 N–H and O–H groups in total. The number of ether oxygens (including phenoxy) is 2. The van der Waals surface area contributed by atoms with Crippen LogP contribution in [0.25, 0.3) is 0 Å². The van der Waals surface area contributed by atoms with Crippen LogP contribution in [-0.4, -0.2) is 37.6 Å². The number of piperidine rings is 1. The number of nitrogens with zero attached hydrogens (tertiary/aromatic N) is 1. The lowest BCUT2D eigenvalue weighted by Gasteiger charge is -2.32. The predicted molar refractivity (Wildman–Crippen MR) is 73.5 cm³/mol. The van der Waals surface area contributed by atoms with Crippen molar-refractivity contribution in [3.05, 3.63) is 24.3 Å². The van der Waals surface area contributed by atoms with Gasteiger partial charge < -0.3 is 14.4 Å². The number of rotatable bonds is 4. The average Bonchev–Trinajstić information content (AvgIpc) is 2.45. The lowest BCUT2D eigenvalue weighted by atomic mass is 9.99. The fourth-order valence-electron chi connectivity index (χ4n) is 2.43. The smallest absolute Gasteiger partial charge is 0.219 e. The molecule has 19 heavy (non-hydrogen) atoms. The minimum atomic E-state index is 0.155. The van der Waals surface area contributed by atoms with E-state index in [0.717, 1.165) is 37.4 Å². The molecule has 1 fully saturated rings. The van der Waals surface area contributed by atoms with E-state index in [1.165, 1.54) is 0 Å². The van der Waals surface area contributed by atoms with E-state index >= 15 is 0 Å². The van der Waals surface area contributed by atoms with Gasteiger partial charge in [0.05, 0.1) is 13.7 Å². The van der Waals surface area contributed by atoms with Gasteiger partial charge in [-0.3, -0.25) is 4.79 Å². The molecule has 2 rings (SSSR count). The summed E-state index contributed by atoms with van der Waals surface area (Å²) in [5.74, 6) is 2.08. The van der Waals surface area contributed by atoms with Crippen LogP contribution in [0.3, 0.4) is 0 Å². The van der Waals surface area contributed by atoms with Crippen molar-refractivity contribution in [1.29, 1.82) is 0 Å². The Morgan fingerprint density at radius 1 is 1.37 bits per heavy atom. The van der Waals surface area contributed by atoms with E-state index in [2.05, 4.69) is 0 Å². The van der Waals surface area contributed by atoms with E-state index < -0.39 is 0 Å². The van der Waals surface area contributed by atoms with Gasteiger partial charge in [0.1, 0.15) is 0 Å². The van der Waals surface area contributed by atoms with E-state index in [-0.39, 0.29) is 5.91 Å². The highest BCUT2D eigenvalue weighted by molar-refractivity contribution is 5.73. The molecule has 1 aliphatic heterocycles. The Hall–Kier alpha value is -1.71. The molecule has 1 amide bonds. The molecule has 1 atom stereocenters. The van der Waals surface area contributed by atoms with Crippen molar-refractivity contribution >= 4 is 5.91 Å². The van der Waals surface area contributed by atoms with Gasteiger partial charge in [-0.15, -0.1) is 0 Å². The second-order valence-electron chi connectivity index (χ2n) is 4.94. The molecule has 0 saturated carbocycles. The van der Waals surface area contributed by atoms with Gasteiger partial charge in [0.2, 0.25) is 5.91 Å². The molecule has 1 aromatic carbocycles. The largest absolute Gasteiger partial charge is 0.493 e. The average molecular weight is 263 g/mol. The highest BCUT2D eigenvalue weighted by atomic mass is 16.5. The minimum absolute atomic E-state index is 0.155. The number of benzene rings is 1. The summed E-state index contributed by atoms with van der Waals surface area (Å²) >= 11 is 0. The lowest BCUT2D eigenvalue weighted by molar-refractivity contribution is -0.130. The molecule has 4 nitrogen and oxygen atoms in total. The Morgan fingerprint density at radius 2 is 2.11 bits per heavy atom. The third kappa shape index (κ3) is 3.63. The van der Waals surface area contributed by atoms with Gasteiger partial charge in [0, 0.05) is 25.9 Å². The zero-order chi connectivity index (χ0) is 13.7. The topological polar surface area (TPSA) is 38.8 Å². The molecule has 1 saturated heterocycles. The van der Waals surface area contributed by atoms with Gasteiger partial charge in [0.25, 0.3) is 0 Å². The summed E-state index contributed by atoms with van der Waals surface area (Å²) in [6.07, 6.45) is 2.17. The van der Waals surface area contributed by atoms with Gasteiger partial charge in [-0.1, -0.05) is 12.1 Å². The number of carbonyl (C=O) groups excluding carboxylic acids is 1. The second-order valence-corrected chi connectivity index (χ2v) is 4.94. The number of para-hydroxylation sites is 2. The van der Waals surface area contributed by atoms with Gasteiger partial charge in [-0.2, -0.15) is 0 Å². The highest BCUT2D eigenvalue weighted by Gasteiger charge is 2.22. The SMILES string of the molecule is COc1ccccc1OC[C@@H]1CCCN(C(C)=O)C1. The Kier molecular flexibility index (Phi) is 4.66. The quantitative estimate of drug-likeness (QED) is 0.837. The third-order valence-corrected chi connectivity index (χ3v) is 3.51. The fraction of sp³-hybridized carbons (Fsp3) is 0.533. The van der Waals surface area contributed by atoms with Gasteiger partial charge >= 0.3 is 0 Å². The van der Waals surface area contributed by atoms with Crippen LogP contribution in [-0.2, 0) is 4.79 Å². The third-order valence-electron chi connectivity index (χ3n) is 3.51. The normalized spacial score (nSPS) is 19.1. The molecule has 1 heterocycles. The van der Waals surface area contributed by atoms with Gasteiger partial charge in [0.15, 0.2) is 11.5 Å². The first-order chi connectivity index (χ1) is 9.20. The Bertz CT molecular complexity index is 433. The number of hydrogen-bond acceptors (Lipinski definition) is 3. The molecule has 1 aromatic rings. The second kappa shape index (κ2) is 6.45. The van der Waals surface area contributed by atoms with Crippen LogP contribution in [0.1, 0.15) is 19.8 Å². The standard InChI is InChI=1S/C15H21NO3/c1-12(17)16-9-5-6-13(10-16)11-19-15-8-4-3-7-14(15)18-2/h3-4,7-8,13H,5-6,9-11H2,1-2H3/t13-/m1/s1. The molecule has 4 heteroatoms. The number of likely N-dealkylation sites (tertiary alicyclic amines) is 1. The summed E-state index contributed by atoms with van der Waals surface area (Å²) in [6.45, 7) is 3.93. The number of methoxy groups -OCH3 is 1. The first kappa shape index (κ1) is 13.7. The van der Waals surface area contributed by atoms with Crippen LogP contribution < -0.4 is 9.47 Å². The van der Waals surface area contributed by atoms with E-state index in [4.69, 9.17) is 9.47 Å². The Balaban J connectivity index is 1.89. The van der Waals surface area contributed by atoms with E-state index in [9.17, 15) is 4.79 Å². The zero-order valence-corrected chi connectivity index (χ0v) is 11.6. The molecule has 1 aliphatic rings. The summed E-state index contributed by atoms with van der Waals surface area (Å²) in [4.78, 5) is 13.3. The minimum Gasteiger partial charge on any atom is -0.493 e. The van der Waals surface area contributed by atoms with Crippen LogP contribution in [0, 0.1) is 5.92 Å². The monoisotopic (exact) mass is 263 g/mol. The van der Waals surface area contributed by atoms with Crippen molar-refractivity contribution in [3.8, 4) is 11.5 Å². The Morgan fingerprint density at radius 3 is 2.79 bits per heavy atom. The number of carbonyl (C=O) groups is 1. The molecular weight excluding hydrogens is 242 g/mol. The van der Waals surface area contributed by atoms with E-state index in [1.54, 1.807) is 14.0 Å². The van der Waals surface area contributed by atoms with E-state index in [1.807, 2.05) is 29.2 Å². The molecule has 0 radical (unpaired) electrons.